The number of halogens is 1. The summed E-state index contributed by atoms with van der Waals surface area (Å²) in [4.78, 5) is 15.9. The maximum absolute atomic E-state index is 13.4. The van der Waals surface area contributed by atoms with Crippen molar-refractivity contribution in [1.82, 2.24) is 14.7 Å². The number of para-hydroxylation sites is 1. The van der Waals surface area contributed by atoms with Crippen molar-refractivity contribution in [3.05, 3.63) is 106 Å². The number of hydrogen-bond donors (Lipinski definition) is 0. The van der Waals surface area contributed by atoms with Gasteiger partial charge in [-0.2, -0.15) is 5.10 Å². The van der Waals surface area contributed by atoms with Crippen molar-refractivity contribution in [1.29, 1.82) is 0 Å². The summed E-state index contributed by atoms with van der Waals surface area (Å²) >= 11 is 13.3. The minimum Gasteiger partial charge on any atom is -0.489 e. The lowest BCUT2D eigenvalue weighted by molar-refractivity contribution is -0.123. The van der Waals surface area contributed by atoms with Gasteiger partial charge in [-0.3, -0.25) is 9.69 Å². The third-order valence-electron chi connectivity index (χ3n) is 7.02. The molecule has 196 valence electrons. The molecule has 0 N–H and O–H groups in total. The Hall–Kier alpha value is -3.39. The number of rotatable bonds is 7. The quantitative estimate of drug-likeness (QED) is 0.167. The fraction of sp³-hybridized carbons (Fsp3) is 0.194. The second kappa shape index (κ2) is 11.4. The molecule has 2 aliphatic rings. The number of hydrogen-bond acceptors (Lipinski definition) is 5. The van der Waals surface area contributed by atoms with E-state index in [1.807, 2.05) is 101 Å². The summed E-state index contributed by atoms with van der Waals surface area (Å²) < 4.78 is 8.57. The number of amides is 1. The predicted octanol–water partition coefficient (Wildman–Crippen LogP) is 7.92. The predicted molar refractivity (Wildman–Crippen MR) is 162 cm³/mol. The molecule has 39 heavy (non-hydrogen) atoms. The monoisotopic (exact) mass is 571 g/mol. The highest BCUT2D eigenvalue weighted by molar-refractivity contribution is 8.26. The molecule has 0 spiro atoms. The third kappa shape index (κ3) is 5.53. The van der Waals surface area contributed by atoms with E-state index < -0.39 is 0 Å². The van der Waals surface area contributed by atoms with Crippen molar-refractivity contribution < 1.29 is 9.53 Å². The maximum Gasteiger partial charge on any atom is 0.266 e. The maximum atomic E-state index is 13.4. The number of aromatic nitrogens is 2. The SMILES string of the molecule is O=C1C(=Cc2cn(-c3ccccc3)nc2-c2cccc(OCc3ccccc3Cl)c2)SC(=S)N1C1CCCC1. The summed E-state index contributed by atoms with van der Waals surface area (Å²) in [5, 5.41) is 5.61. The lowest BCUT2D eigenvalue weighted by Gasteiger charge is -2.21. The Bertz CT molecular complexity index is 1560. The van der Waals surface area contributed by atoms with Gasteiger partial charge < -0.3 is 4.74 Å². The zero-order valence-electron chi connectivity index (χ0n) is 21.1. The summed E-state index contributed by atoms with van der Waals surface area (Å²) in [6.07, 6.45) is 8.19. The van der Waals surface area contributed by atoms with Gasteiger partial charge in [-0.05, 0) is 49.2 Å². The molecule has 0 radical (unpaired) electrons. The van der Waals surface area contributed by atoms with Crippen molar-refractivity contribution in [2.75, 3.05) is 0 Å². The first kappa shape index (κ1) is 25.9. The molecule has 0 bridgehead atoms. The van der Waals surface area contributed by atoms with Crippen LogP contribution in [0.1, 0.15) is 36.8 Å². The van der Waals surface area contributed by atoms with Gasteiger partial charge in [0.2, 0.25) is 0 Å². The fourth-order valence-corrected chi connectivity index (χ4v) is 6.62. The van der Waals surface area contributed by atoms with E-state index in [9.17, 15) is 4.79 Å². The first-order chi connectivity index (χ1) is 19.1. The molecule has 2 heterocycles. The van der Waals surface area contributed by atoms with Crippen LogP contribution in [0.3, 0.4) is 0 Å². The molecule has 1 aliphatic carbocycles. The fourth-order valence-electron chi connectivity index (χ4n) is 5.04. The van der Waals surface area contributed by atoms with Crippen molar-refractivity contribution in [2.24, 2.45) is 0 Å². The zero-order valence-corrected chi connectivity index (χ0v) is 23.5. The standard InChI is InChI=1S/C31H26ClN3O2S2/c32-27-16-7-4-9-22(27)20-37-26-15-8-10-21(17-26)29-23(19-34(33-29)24-11-2-1-3-12-24)18-28-30(36)35(31(38)39-28)25-13-5-6-14-25/h1-4,7-12,15-19,25H,5-6,13-14,20H2. The molecule has 5 nitrogen and oxygen atoms in total. The van der Waals surface area contributed by atoms with E-state index in [0.717, 1.165) is 53.8 Å². The second-order valence-corrected chi connectivity index (χ2v) is 11.7. The number of carbonyl (C=O) groups excluding carboxylic acids is 1. The largest absolute Gasteiger partial charge is 0.489 e. The van der Waals surface area contributed by atoms with Crippen LogP contribution in [0.2, 0.25) is 5.02 Å². The Morgan fingerprint density at radius 1 is 1.03 bits per heavy atom. The van der Waals surface area contributed by atoms with Crippen LogP contribution in [0.15, 0.2) is 90.0 Å². The van der Waals surface area contributed by atoms with Crippen molar-refractivity contribution in [2.45, 2.75) is 38.3 Å². The molecule has 1 saturated heterocycles. The number of nitrogens with zero attached hydrogens (tertiary/aromatic N) is 3. The van der Waals surface area contributed by atoms with E-state index in [0.29, 0.717) is 26.6 Å². The van der Waals surface area contributed by atoms with Crippen LogP contribution in [0, 0.1) is 0 Å². The highest BCUT2D eigenvalue weighted by atomic mass is 35.5. The smallest absolute Gasteiger partial charge is 0.266 e. The van der Waals surface area contributed by atoms with Crippen molar-refractivity contribution in [3.8, 4) is 22.7 Å². The normalized spacial score (nSPS) is 16.9. The van der Waals surface area contributed by atoms with Gasteiger partial charge in [-0.1, -0.05) is 97.0 Å². The van der Waals surface area contributed by atoms with Gasteiger partial charge in [0, 0.05) is 34.0 Å². The average molecular weight is 572 g/mol. The van der Waals surface area contributed by atoms with Gasteiger partial charge in [-0.25, -0.2) is 4.68 Å². The molecule has 2 fully saturated rings. The van der Waals surface area contributed by atoms with Crippen LogP contribution >= 0.6 is 35.6 Å². The van der Waals surface area contributed by atoms with E-state index in [-0.39, 0.29) is 11.9 Å². The summed E-state index contributed by atoms with van der Waals surface area (Å²) in [5.74, 6) is 0.701. The Labute approximate surface area is 242 Å². The minimum atomic E-state index is -0.00728. The Morgan fingerprint density at radius 2 is 1.79 bits per heavy atom. The first-order valence-corrected chi connectivity index (χ1v) is 14.6. The number of thioether (sulfide) groups is 1. The lowest BCUT2D eigenvalue weighted by atomic mass is 10.1. The van der Waals surface area contributed by atoms with E-state index in [1.54, 1.807) is 0 Å². The molecule has 3 aromatic carbocycles. The van der Waals surface area contributed by atoms with Crippen LogP contribution < -0.4 is 4.74 Å². The van der Waals surface area contributed by atoms with Gasteiger partial charge in [0.25, 0.3) is 5.91 Å². The molecule has 0 atom stereocenters. The van der Waals surface area contributed by atoms with E-state index in [4.69, 9.17) is 33.7 Å². The van der Waals surface area contributed by atoms with Gasteiger partial charge in [0.15, 0.2) is 0 Å². The summed E-state index contributed by atoms with van der Waals surface area (Å²) in [6.45, 7) is 0.359. The summed E-state index contributed by atoms with van der Waals surface area (Å²) in [7, 11) is 0. The summed E-state index contributed by atoms with van der Waals surface area (Å²) in [5.41, 5.74) is 4.34. The number of thiocarbonyl (C=S) groups is 1. The van der Waals surface area contributed by atoms with Gasteiger partial charge in [0.05, 0.1) is 10.6 Å². The van der Waals surface area contributed by atoms with E-state index in [1.165, 1.54) is 11.8 Å². The third-order valence-corrected chi connectivity index (χ3v) is 8.72. The Balaban J connectivity index is 1.34. The van der Waals surface area contributed by atoms with Crippen LogP contribution in [-0.4, -0.2) is 30.9 Å². The number of carbonyl (C=O) groups is 1. The molecule has 6 rings (SSSR count). The highest BCUT2D eigenvalue weighted by Crippen LogP contribution is 2.39. The molecule has 1 aromatic heterocycles. The van der Waals surface area contributed by atoms with Crippen molar-refractivity contribution in [3.63, 3.8) is 0 Å². The van der Waals surface area contributed by atoms with Crippen molar-refractivity contribution >= 4 is 51.9 Å². The topological polar surface area (TPSA) is 47.4 Å². The lowest BCUT2D eigenvalue weighted by Crippen LogP contribution is -2.36. The molecule has 1 saturated carbocycles. The van der Waals surface area contributed by atoms with E-state index >= 15 is 0 Å². The van der Waals surface area contributed by atoms with Crippen LogP contribution in [0.25, 0.3) is 23.0 Å². The molecule has 8 heteroatoms. The van der Waals surface area contributed by atoms with Gasteiger partial charge >= 0.3 is 0 Å². The molecule has 4 aromatic rings. The van der Waals surface area contributed by atoms with Gasteiger partial charge in [-0.15, -0.1) is 0 Å². The highest BCUT2D eigenvalue weighted by Gasteiger charge is 2.38. The molecule has 1 aliphatic heterocycles. The molecular weight excluding hydrogens is 546 g/mol. The van der Waals surface area contributed by atoms with E-state index in [2.05, 4.69) is 0 Å². The Morgan fingerprint density at radius 3 is 2.59 bits per heavy atom. The van der Waals surface area contributed by atoms with Gasteiger partial charge in [0.1, 0.15) is 22.4 Å². The van der Waals surface area contributed by atoms with Crippen LogP contribution in [-0.2, 0) is 11.4 Å². The Kier molecular flexibility index (Phi) is 7.55. The first-order valence-electron chi connectivity index (χ1n) is 13.0. The minimum absolute atomic E-state index is 0.00728. The molecule has 1 amide bonds. The van der Waals surface area contributed by atoms with Crippen LogP contribution in [0.5, 0.6) is 5.75 Å². The summed E-state index contributed by atoms with van der Waals surface area (Å²) in [6, 6.07) is 25.6. The molecular formula is C31H26ClN3O2S2. The second-order valence-electron chi connectivity index (χ2n) is 9.61. The zero-order chi connectivity index (χ0) is 26.8. The number of ether oxygens (including phenoxy) is 1. The number of benzene rings is 3. The molecule has 0 unspecified atom stereocenters. The average Bonchev–Trinajstić information content (AvgIpc) is 3.69. The van der Waals surface area contributed by atoms with Crippen LogP contribution in [0.4, 0.5) is 0 Å².